The maximum Gasteiger partial charge on any atom is 0.223 e. The first-order chi connectivity index (χ1) is 8.15. The first kappa shape index (κ1) is 12.2. The molecule has 0 bridgehead atoms. The molecule has 0 spiro atoms. The number of rotatable bonds is 4. The molecule has 0 radical (unpaired) electrons. The van der Waals surface area contributed by atoms with Crippen LogP contribution >= 0.6 is 12.2 Å². The molecule has 92 valence electrons. The Morgan fingerprint density at radius 2 is 2.47 bits per heavy atom. The van der Waals surface area contributed by atoms with Crippen LogP contribution in [0.4, 0.5) is 5.95 Å². The van der Waals surface area contributed by atoms with Gasteiger partial charge in [0.2, 0.25) is 5.95 Å². The van der Waals surface area contributed by atoms with Gasteiger partial charge in [0.1, 0.15) is 10.7 Å². The highest BCUT2D eigenvalue weighted by molar-refractivity contribution is 7.80. The van der Waals surface area contributed by atoms with Gasteiger partial charge < -0.3 is 15.8 Å². The Labute approximate surface area is 106 Å². The molecule has 1 aliphatic rings. The summed E-state index contributed by atoms with van der Waals surface area (Å²) in [6.07, 6.45) is 2.47. The second-order valence-corrected chi connectivity index (χ2v) is 4.54. The van der Waals surface area contributed by atoms with E-state index in [0.717, 1.165) is 31.7 Å². The monoisotopic (exact) mass is 252 g/mol. The lowest BCUT2D eigenvalue weighted by Crippen LogP contribution is -2.21. The molecule has 5 nitrogen and oxygen atoms in total. The first-order valence-corrected chi connectivity index (χ1v) is 6.07. The summed E-state index contributed by atoms with van der Waals surface area (Å²) in [5, 5.41) is 3.16. The number of nitrogens with two attached hydrogens (primary N) is 1. The highest BCUT2D eigenvalue weighted by Crippen LogP contribution is 2.12. The van der Waals surface area contributed by atoms with Gasteiger partial charge in [0.25, 0.3) is 0 Å². The summed E-state index contributed by atoms with van der Waals surface area (Å²) < 4.78 is 5.51. The Morgan fingerprint density at radius 3 is 3.12 bits per heavy atom. The average molecular weight is 252 g/mol. The molecule has 2 rings (SSSR count). The number of aryl methyl sites for hydroxylation is 1. The number of nitrogens with zero attached hydrogens (tertiary/aromatic N) is 2. The van der Waals surface area contributed by atoms with Crippen molar-refractivity contribution in [1.29, 1.82) is 0 Å². The van der Waals surface area contributed by atoms with Gasteiger partial charge in [-0.25, -0.2) is 9.97 Å². The van der Waals surface area contributed by atoms with Crippen LogP contribution in [0.25, 0.3) is 0 Å². The van der Waals surface area contributed by atoms with Gasteiger partial charge in [0.05, 0.1) is 6.10 Å². The molecule has 1 fully saturated rings. The Bertz CT molecular complexity index is 418. The Hall–Kier alpha value is -1.27. The Balaban J connectivity index is 2.01. The van der Waals surface area contributed by atoms with Gasteiger partial charge in [-0.3, -0.25) is 0 Å². The summed E-state index contributed by atoms with van der Waals surface area (Å²) in [6.45, 7) is 3.46. The largest absolute Gasteiger partial charge is 0.388 e. The third-order valence-electron chi connectivity index (χ3n) is 2.62. The highest BCUT2D eigenvalue weighted by Gasteiger charge is 2.15. The number of nitrogens with one attached hydrogen (secondary N) is 1. The standard InChI is InChI=1S/C11H16N4OS/c1-7-5-9(10(12)17)15-11(14-7)13-6-8-3-2-4-16-8/h5,8H,2-4,6H2,1H3,(H2,12,17)(H,13,14,15). The van der Waals surface area contributed by atoms with Gasteiger partial charge in [-0.05, 0) is 25.8 Å². The average Bonchev–Trinajstić information content (AvgIpc) is 2.78. The number of hydrogen-bond acceptors (Lipinski definition) is 5. The van der Waals surface area contributed by atoms with Crippen molar-refractivity contribution in [3.63, 3.8) is 0 Å². The van der Waals surface area contributed by atoms with E-state index in [1.807, 2.05) is 6.92 Å². The number of ether oxygens (including phenoxy) is 1. The van der Waals surface area contributed by atoms with Gasteiger partial charge >= 0.3 is 0 Å². The van der Waals surface area contributed by atoms with Crippen LogP contribution in [0, 0.1) is 6.92 Å². The van der Waals surface area contributed by atoms with Crippen LogP contribution in [-0.4, -0.2) is 34.2 Å². The molecule has 2 heterocycles. The van der Waals surface area contributed by atoms with Crippen molar-refractivity contribution in [1.82, 2.24) is 9.97 Å². The summed E-state index contributed by atoms with van der Waals surface area (Å²) in [6, 6.07) is 1.78. The molecule has 1 saturated heterocycles. The van der Waals surface area contributed by atoms with Crippen molar-refractivity contribution in [3.8, 4) is 0 Å². The number of hydrogen-bond donors (Lipinski definition) is 2. The lowest BCUT2D eigenvalue weighted by Gasteiger charge is -2.11. The van der Waals surface area contributed by atoms with Gasteiger partial charge in [-0.1, -0.05) is 12.2 Å². The summed E-state index contributed by atoms with van der Waals surface area (Å²) in [5.41, 5.74) is 7.00. The molecule has 0 amide bonds. The minimum Gasteiger partial charge on any atom is -0.388 e. The van der Waals surface area contributed by atoms with Crippen LogP contribution in [0.1, 0.15) is 24.2 Å². The minimum atomic E-state index is 0.257. The fourth-order valence-electron chi connectivity index (χ4n) is 1.78. The topological polar surface area (TPSA) is 73.1 Å². The van der Waals surface area contributed by atoms with E-state index >= 15 is 0 Å². The third-order valence-corrected chi connectivity index (χ3v) is 2.83. The maximum atomic E-state index is 5.56. The molecular formula is C11H16N4OS. The first-order valence-electron chi connectivity index (χ1n) is 5.66. The molecule has 6 heteroatoms. The van der Waals surface area contributed by atoms with E-state index < -0.39 is 0 Å². The molecule has 0 aromatic carbocycles. The van der Waals surface area contributed by atoms with Crippen LogP contribution in [0.3, 0.4) is 0 Å². The van der Waals surface area contributed by atoms with Crippen molar-refractivity contribution in [2.45, 2.75) is 25.9 Å². The fraction of sp³-hybridized carbons (Fsp3) is 0.545. The predicted molar refractivity (Wildman–Crippen MR) is 70.1 cm³/mol. The van der Waals surface area contributed by atoms with E-state index in [1.54, 1.807) is 6.07 Å². The molecule has 1 atom stereocenters. The summed E-state index contributed by atoms with van der Waals surface area (Å²) >= 11 is 4.91. The van der Waals surface area contributed by atoms with Crippen LogP contribution in [0.5, 0.6) is 0 Å². The van der Waals surface area contributed by atoms with Crippen LogP contribution in [0.15, 0.2) is 6.07 Å². The minimum absolute atomic E-state index is 0.257. The Morgan fingerprint density at radius 1 is 1.65 bits per heavy atom. The number of thiocarbonyl (C=S) groups is 1. The molecule has 1 aromatic heterocycles. The normalized spacial score (nSPS) is 19.2. The molecule has 1 unspecified atom stereocenters. The molecule has 0 saturated carbocycles. The lowest BCUT2D eigenvalue weighted by molar-refractivity contribution is 0.120. The second kappa shape index (κ2) is 5.37. The van der Waals surface area contributed by atoms with E-state index in [2.05, 4.69) is 15.3 Å². The lowest BCUT2D eigenvalue weighted by atomic mass is 10.2. The molecular weight excluding hydrogens is 236 g/mol. The van der Waals surface area contributed by atoms with Gasteiger partial charge in [-0.15, -0.1) is 0 Å². The SMILES string of the molecule is Cc1cc(C(N)=S)nc(NCC2CCCO2)n1. The third kappa shape index (κ3) is 3.34. The Kier molecular flexibility index (Phi) is 3.86. The van der Waals surface area contributed by atoms with Crippen molar-refractivity contribution in [3.05, 3.63) is 17.5 Å². The van der Waals surface area contributed by atoms with Crippen molar-refractivity contribution < 1.29 is 4.74 Å². The van der Waals surface area contributed by atoms with Crippen molar-refractivity contribution in [2.24, 2.45) is 5.73 Å². The van der Waals surface area contributed by atoms with E-state index in [9.17, 15) is 0 Å². The van der Waals surface area contributed by atoms with Crippen LogP contribution < -0.4 is 11.1 Å². The van der Waals surface area contributed by atoms with Crippen LogP contribution in [-0.2, 0) is 4.74 Å². The summed E-state index contributed by atoms with van der Waals surface area (Å²) in [7, 11) is 0. The van der Waals surface area contributed by atoms with Gasteiger partial charge in [-0.2, -0.15) is 0 Å². The zero-order valence-electron chi connectivity index (χ0n) is 9.77. The van der Waals surface area contributed by atoms with Crippen LogP contribution in [0.2, 0.25) is 0 Å². The van der Waals surface area contributed by atoms with E-state index in [4.69, 9.17) is 22.7 Å². The predicted octanol–water partition coefficient (Wildman–Crippen LogP) is 1.01. The quantitative estimate of drug-likeness (QED) is 0.779. The fourth-order valence-corrected chi connectivity index (χ4v) is 1.89. The summed E-state index contributed by atoms with van der Waals surface area (Å²) in [4.78, 5) is 8.82. The van der Waals surface area contributed by atoms with E-state index in [1.165, 1.54) is 0 Å². The molecule has 1 aliphatic heterocycles. The van der Waals surface area contributed by atoms with Gasteiger partial charge in [0, 0.05) is 18.8 Å². The van der Waals surface area contributed by atoms with Crippen molar-refractivity contribution >= 4 is 23.2 Å². The molecule has 17 heavy (non-hydrogen) atoms. The summed E-state index contributed by atoms with van der Waals surface area (Å²) in [5.74, 6) is 0.559. The highest BCUT2D eigenvalue weighted by atomic mass is 32.1. The van der Waals surface area contributed by atoms with E-state index in [-0.39, 0.29) is 11.1 Å². The molecule has 1 aromatic rings. The number of anilines is 1. The smallest absolute Gasteiger partial charge is 0.223 e. The zero-order chi connectivity index (χ0) is 12.3. The molecule has 3 N–H and O–H groups in total. The number of aromatic nitrogens is 2. The van der Waals surface area contributed by atoms with Gasteiger partial charge in [0.15, 0.2) is 0 Å². The van der Waals surface area contributed by atoms with Crippen molar-refractivity contribution in [2.75, 3.05) is 18.5 Å². The molecule has 0 aliphatic carbocycles. The zero-order valence-corrected chi connectivity index (χ0v) is 10.6. The van der Waals surface area contributed by atoms with E-state index in [0.29, 0.717) is 11.6 Å². The second-order valence-electron chi connectivity index (χ2n) is 4.10. The maximum absolute atomic E-state index is 5.56.